The Kier molecular flexibility index (Phi) is 4.08. The van der Waals surface area contributed by atoms with E-state index in [9.17, 15) is 9.90 Å². The highest BCUT2D eigenvalue weighted by Crippen LogP contribution is 2.31. The van der Waals surface area contributed by atoms with Crippen molar-refractivity contribution in [1.29, 1.82) is 0 Å². The SMILES string of the molecule is COc1cc(-c2cc3cnc(NC(=O)C4CC(O)C4)cc3n2C)ccn1. The van der Waals surface area contributed by atoms with E-state index in [0.717, 1.165) is 22.2 Å². The number of pyridine rings is 2. The molecule has 3 aromatic rings. The molecule has 3 aromatic heterocycles. The molecule has 1 fully saturated rings. The van der Waals surface area contributed by atoms with E-state index in [1.807, 2.05) is 31.3 Å². The Bertz CT molecular complexity index is 976. The Morgan fingerprint density at radius 1 is 1.31 bits per heavy atom. The third kappa shape index (κ3) is 2.90. The zero-order valence-electron chi connectivity index (χ0n) is 14.6. The summed E-state index contributed by atoms with van der Waals surface area (Å²) >= 11 is 0. The minimum absolute atomic E-state index is 0.0875. The molecule has 0 unspecified atom stereocenters. The lowest BCUT2D eigenvalue weighted by atomic mass is 9.82. The van der Waals surface area contributed by atoms with Gasteiger partial charge in [0, 0.05) is 54.1 Å². The fraction of sp³-hybridized carbons (Fsp3) is 0.316. The van der Waals surface area contributed by atoms with Gasteiger partial charge in [-0.15, -0.1) is 0 Å². The van der Waals surface area contributed by atoms with E-state index in [2.05, 4.69) is 19.9 Å². The third-order valence-electron chi connectivity index (χ3n) is 4.90. The Morgan fingerprint density at radius 2 is 2.12 bits per heavy atom. The number of hydrogen-bond acceptors (Lipinski definition) is 5. The lowest BCUT2D eigenvalue weighted by Gasteiger charge is -2.29. The highest BCUT2D eigenvalue weighted by Gasteiger charge is 2.33. The van der Waals surface area contributed by atoms with E-state index in [-0.39, 0.29) is 17.9 Å². The molecule has 4 rings (SSSR count). The number of amides is 1. The van der Waals surface area contributed by atoms with Gasteiger partial charge in [0.15, 0.2) is 0 Å². The van der Waals surface area contributed by atoms with Crippen molar-refractivity contribution in [2.24, 2.45) is 13.0 Å². The molecule has 0 bridgehead atoms. The van der Waals surface area contributed by atoms with E-state index < -0.39 is 0 Å². The minimum Gasteiger partial charge on any atom is -0.481 e. The van der Waals surface area contributed by atoms with Crippen molar-refractivity contribution in [2.75, 3.05) is 12.4 Å². The van der Waals surface area contributed by atoms with Crippen LogP contribution in [0.4, 0.5) is 5.82 Å². The maximum atomic E-state index is 12.2. The second-order valence-electron chi connectivity index (χ2n) is 6.62. The molecule has 0 aliphatic heterocycles. The van der Waals surface area contributed by atoms with Gasteiger partial charge in [0.1, 0.15) is 5.82 Å². The van der Waals surface area contributed by atoms with Gasteiger partial charge in [0.25, 0.3) is 0 Å². The number of nitrogens with one attached hydrogen (secondary N) is 1. The summed E-state index contributed by atoms with van der Waals surface area (Å²) in [5.74, 6) is 0.858. The van der Waals surface area contributed by atoms with Crippen molar-refractivity contribution in [2.45, 2.75) is 18.9 Å². The van der Waals surface area contributed by atoms with Crippen molar-refractivity contribution in [1.82, 2.24) is 14.5 Å². The Hall–Kier alpha value is -2.93. The Labute approximate surface area is 150 Å². The number of methoxy groups -OCH3 is 1. The summed E-state index contributed by atoms with van der Waals surface area (Å²) in [6.45, 7) is 0. The van der Waals surface area contributed by atoms with E-state index >= 15 is 0 Å². The molecule has 7 nitrogen and oxygen atoms in total. The lowest BCUT2D eigenvalue weighted by Crippen LogP contribution is -2.37. The molecule has 0 aromatic carbocycles. The van der Waals surface area contributed by atoms with Gasteiger partial charge in [-0.25, -0.2) is 9.97 Å². The summed E-state index contributed by atoms with van der Waals surface area (Å²) in [4.78, 5) is 20.7. The van der Waals surface area contributed by atoms with Crippen LogP contribution in [0, 0.1) is 5.92 Å². The molecule has 1 amide bonds. The molecule has 7 heteroatoms. The average molecular weight is 352 g/mol. The fourth-order valence-electron chi connectivity index (χ4n) is 3.29. The van der Waals surface area contributed by atoms with E-state index in [4.69, 9.17) is 4.74 Å². The summed E-state index contributed by atoms with van der Waals surface area (Å²) in [6.07, 6.45) is 4.15. The number of aliphatic hydroxyl groups excluding tert-OH is 1. The van der Waals surface area contributed by atoms with Crippen molar-refractivity contribution >= 4 is 22.6 Å². The quantitative estimate of drug-likeness (QED) is 0.752. The van der Waals surface area contributed by atoms with Gasteiger partial charge in [-0.05, 0) is 25.0 Å². The predicted octanol–water partition coefficient (Wildman–Crippen LogP) is 2.35. The first-order valence-corrected chi connectivity index (χ1v) is 8.50. The molecule has 0 atom stereocenters. The zero-order valence-corrected chi connectivity index (χ0v) is 14.6. The monoisotopic (exact) mass is 352 g/mol. The van der Waals surface area contributed by atoms with Crippen LogP contribution < -0.4 is 10.1 Å². The molecule has 0 saturated heterocycles. The van der Waals surface area contributed by atoms with Crippen molar-refractivity contribution in [3.05, 3.63) is 36.7 Å². The van der Waals surface area contributed by atoms with Gasteiger partial charge in [-0.1, -0.05) is 0 Å². The topological polar surface area (TPSA) is 89.3 Å². The molecular formula is C19H20N4O3. The average Bonchev–Trinajstić information content (AvgIpc) is 2.95. The fourth-order valence-corrected chi connectivity index (χ4v) is 3.29. The number of carbonyl (C=O) groups is 1. The first-order valence-electron chi connectivity index (χ1n) is 8.50. The maximum absolute atomic E-state index is 12.2. The van der Waals surface area contributed by atoms with Gasteiger partial charge in [-0.3, -0.25) is 4.79 Å². The normalized spacial score (nSPS) is 19.2. The number of aryl methyl sites for hydroxylation is 1. The van der Waals surface area contributed by atoms with Crippen LogP contribution in [0.3, 0.4) is 0 Å². The Morgan fingerprint density at radius 3 is 2.85 bits per heavy atom. The molecule has 0 radical (unpaired) electrons. The van der Waals surface area contributed by atoms with Gasteiger partial charge in [-0.2, -0.15) is 0 Å². The van der Waals surface area contributed by atoms with Crippen molar-refractivity contribution in [3.63, 3.8) is 0 Å². The van der Waals surface area contributed by atoms with Crippen LogP contribution in [-0.2, 0) is 11.8 Å². The van der Waals surface area contributed by atoms with Gasteiger partial charge in [0.2, 0.25) is 11.8 Å². The first-order chi connectivity index (χ1) is 12.5. The van der Waals surface area contributed by atoms with Crippen LogP contribution >= 0.6 is 0 Å². The second kappa shape index (κ2) is 6.42. The number of carbonyl (C=O) groups excluding carboxylic acids is 1. The first kappa shape index (κ1) is 16.5. The minimum atomic E-state index is -0.353. The third-order valence-corrected chi connectivity index (χ3v) is 4.90. The van der Waals surface area contributed by atoms with E-state index in [1.54, 1.807) is 19.5 Å². The van der Waals surface area contributed by atoms with Crippen LogP contribution in [0.2, 0.25) is 0 Å². The second-order valence-corrected chi connectivity index (χ2v) is 6.62. The lowest BCUT2D eigenvalue weighted by molar-refractivity contribution is -0.126. The van der Waals surface area contributed by atoms with E-state index in [0.29, 0.717) is 24.5 Å². The number of aromatic nitrogens is 3. The Balaban J connectivity index is 1.64. The largest absolute Gasteiger partial charge is 0.481 e. The zero-order chi connectivity index (χ0) is 18.3. The number of hydrogen-bond donors (Lipinski definition) is 2. The molecule has 1 aliphatic carbocycles. The van der Waals surface area contributed by atoms with Gasteiger partial charge in [0.05, 0.1) is 18.7 Å². The van der Waals surface area contributed by atoms with Crippen LogP contribution in [0.15, 0.2) is 36.7 Å². The molecular weight excluding hydrogens is 332 g/mol. The molecule has 3 heterocycles. The number of nitrogens with zero attached hydrogens (tertiary/aromatic N) is 3. The van der Waals surface area contributed by atoms with E-state index in [1.165, 1.54) is 0 Å². The molecule has 2 N–H and O–H groups in total. The van der Waals surface area contributed by atoms with Gasteiger partial charge >= 0.3 is 0 Å². The summed E-state index contributed by atoms with van der Waals surface area (Å²) in [6, 6.07) is 7.72. The number of rotatable bonds is 4. The predicted molar refractivity (Wildman–Crippen MR) is 97.9 cm³/mol. The summed E-state index contributed by atoms with van der Waals surface area (Å²) in [5.41, 5.74) is 2.97. The summed E-state index contributed by atoms with van der Waals surface area (Å²) in [5, 5.41) is 13.2. The number of aliphatic hydroxyl groups is 1. The number of fused-ring (bicyclic) bond motifs is 1. The van der Waals surface area contributed by atoms with Crippen molar-refractivity contribution in [3.8, 4) is 17.1 Å². The van der Waals surface area contributed by atoms with Crippen molar-refractivity contribution < 1.29 is 14.6 Å². The summed E-state index contributed by atoms with van der Waals surface area (Å²) in [7, 11) is 3.56. The number of ether oxygens (including phenoxy) is 1. The maximum Gasteiger partial charge on any atom is 0.228 e. The highest BCUT2D eigenvalue weighted by atomic mass is 16.5. The highest BCUT2D eigenvalue weighted by molar-refractivity contribution is 5.95. The molecule has 0 spiro atoms. The van der Waals surface area contributed by atoms with Crippen LogP contribution in [0.25, 0.3) is 22.2 Å². The molecule has 26 heavy (non-hydrogen) atoms. The van der Waals surface area contributed by atoms with Crippen LogP contribution in [0.1, 0.15) is 12.8 Å². The van der Waals surface area contributed by atoms with Crippen LogP contribution in [-0.4, -0.2) is 38.8 Å². The van der Waals surface area contributed by atoms with Crippen LogP contribution in [0.5, 0.6) is 5.88 Å². The van der Waals surface area contributed by atoms with Gasteiger partial charge < -0.3 is 19.7 Å². The number of anilines is 1. The molecule has 1 saturated carbocycles. The smallest absolute Gasteiger partial charge is 0.228 e. The summed E-state index contributed by atoms with van der Waals surface area (Å²) < 4.78 is 7.25. The molecule has 1 aliphatic rings. The standard InChI is InChI=1S/C19H20N4O3/c1-23-15(11-3-4-20-18(8-11)26-2)7-13-10-21-17(9-16(13)23)22-19(25)12-5-14(24)6-12/h3-4,7-10,12,14,24H,5-6H2,1-2H3,(H,21,22,25). The molecule has 134 valence electrons.